The molecule has 4 fully saturated rings. The van der Waals surface area contributed by atoms with Crippen molar-refractivity contribution < 1.29 is 0 Å². The maximum Gasteiger partial charge on any atom is -0.0210 e. The summed E-state index contributed by atoms with van der Waals surface area (Å²) in [5.41, 5.74) is 1.65. The monoisotopic (exact) mass is 274 g/mol. The van der Waals surface area contributed by atoms with Crippen LogP contribution in [0.1, 0.15) is 103 Å². The first kappa shape index (κ1) is 13.6. The van der Waals surface area contributed by atoms with Crippen LogP contribution in [0.25, 0.3) is 0 Å². The van der Waals surface area contributed by atoms with Gasteiger partial charge in [-0.2, -0.15) is 0 Å². The summed E-state index contributed by atoms with van der Waals surface area (Å²) in [4.78, 5) is 0. The molecule has 0 heteroatoms. The second-order valence-corrected chi connectivity index (χ2v) is 8.69. The van der Waals surface area contributed by atoms with Gasteiger partial charge in [0.2, 0.25) is 0 Å². The van der Waals surface area contributed by atoms with E-state index < -0.39 is 0 Å². The Morgan fingerprint density at radius 1 is 0.400 bits per heavy atom. The molecule has 0 aromatic heterocycles. The zero-order chi connectivity index (χ0) is 13.5. The Morgan fingerprint density at radius 2 is 0.800 bits per heavy atom. The Labute approximate surface area is 126 Å². The van der Waals surface area contributed by atoms with E-state index in [1.54, 1.807) is 96.3 Å². The lowest BCUT2D eigenvalue weighted by molar-refractivity contribution is -0.143. The van der Waals surface area contributed by atoms with Gasteiger partial charge in [0.05, 0.1) is 0 Å². The van der Waals surface area contributed by atoms with E-state index in [-0.39, 0.29) is 0 Å². The quantitative estimate of drug-likeness (QED) is 0.552. The van der Waals surface area contributed by atoms with Crippen molar-refractivity contribution in [2.45, 2.75) is 103 Å². The molecule has 4 saturated carbocycles. The lowest BCUT2D eigenvalue weighted by Crippen LogP contribution is -2.55. The molecule has 4 aliphatic carbocycles. The van der Waals surface area contributed by atoms with E-state index in [1.165, 1.54) is 6.42 Å². The lowest BCUT2D eigenvalue weighted by atomic mass is 9.41. The average Bonchev–Trinajstić information content (AvgIpc) is 3.12. The van der Waals surface area contributed by atoms with Crippen molar-refractivity contribution in [1.29, 1.82) is 0 Å². The summed E-state index contributed by atoms with van der Waals surface area (Å²) < 4.78 is 0. The number of rotatable bonds is 3. The molecule has 0 bridgehead atoms. The Kier molecular flexibility index (Phi) is 3.63. The van der Waals surface area contributed by atoms with Crippen molar-refractivity contribution in [2.75, 3.05) is 0 Å². The molecule has 0 aromatic carbocycles. The van der Waals surface area contributed by atoms with E-state index in [0.29, 0.717) is 0 Å². The topological polar surface area (TPSA) is 0 Å². The van der Waals surface area contributed by atoms with E-state index in [9.17, 15) is 0 Å². The summed E-state index contributed by atoms with van der Waals surface area (Å²) in [7, 11) is 0. The van der Waals surface area contributed by atoms with Gasteiger partial charge < -0.3 is 0 Å². The molecular formula is C20H34. The molecule has 0 N–H and O–H groups in total. The fourth-order valence-corrected chi connectivity index (χ4v) is 7.32. The van der Waals surface area contributed by atoms with E-state index in [1.807, 2.05) is 0 Å². The highest BCUT2D eigenvalue weighted by Gasteiger charge is 2.60. The van der Waals surface area contributed by atoms with Gasteiger partial charge in [-0.25, -0.2) is 0 Å². The molecule has 0 heterocycles. The molecule has 0 radical (unpaired) electrons. The largest absolute Gasteiger partial charge is 0.0533 e. The standard InChI is InChI=1S/C20H34/c1-6-13-19(14-7-1,17-9-2-3-10-17)20(15-8-16-20)18-11-4-5-12-18/h17-18H,1-16H2. The summed E-state index contributed by atoms with van der Waals surface area (Å²) >= 11 is 0. The summed E-state index contributed by atoms with van der Waals surface area (Å²) in [5, 5.41) is 0. The highest BCUT2D eigenvalue weighted by atomic mass is 14.6. The second kappa shape index (κ2) is 5.33. The van der Waals surface area contributed by atoms with Gasteiger partial charge in [0, 0.05) is 0 Å². The molecule has 0 nitrogen and oxygen atoms in total. The molecule has 114 valence electrons. The molecular weight excluding hydrogens is 240 g/mol. The minimum Gasteiger partial charge on any atom is -0.0533 e. The molecule has 20 heavy (non-hydrogen) atoms. The summed E-state index contributed by atoms with van der Waals surface area (Å²) in [6, 6.07) is 0. The minimum absolute atomic E-state index is 0.814. The van der Waals surface area contributed by atoms with Crippen LogP contribution in [0.5, 0.6) is 0 Å². The van der Waals surface area contributed by atoms with Crippen LogP contribution in [0.4, 0.5) is 0 Å². The fraction of sp³-hybridized carbons (Fsp3) is 1.00. The molecule has 0 spiro atoms. The van der Waals surface area contributed by atoms with Crippen molar-refractivity contribution in [3.8, 4) is 0 Å². The third-order valence-electron chi connectivity index (χ3n) is 8.26. The predicted molar refractivity (Wildman–Crippen MR) is 85.7 cm³/mol. The highest BCUT2D eigenvalue weighted by molar-refractivity contribution is 5.10. The third-order valence-corrected chi connectivity index (χ3v) is 8.26. The van der Waals surface area contributed by atoms with Gasteiger partial charge >= 0.3 is 0 Å². The van der Waals surface area contributed by atoms with Gasteiger partial charge in [-0.3, -0.25) is 0 Å². The SMILES string of the molecule is C1CCC(C2CCCC2)(C2(C3CCCC3)CCC2)CC1. The normalized spacial score (nSPS) is 34.2. The minimum atomic E-state index is 0.814. The summed E-state index contributed by atoms with van der Waals surface area (Å²) in [6.45, 7) is 0. The number of hydrogen-bond acceptors (Lipinski definition) is 0. The van der Waals surface area contributed by atoms with Crippen molar-refractivity contribution in [1.82, 2.24) is 0 Å². The van der Waals surface area contributed by atoms with Gasteiger partial charge in [0.1, 0.15) is 0 Å². The zero-order valence-corrected chi connectivity index (χ0v) is 13.5. The van der Waals surface area contributed by atoms with Gasteiger partial charge in [-0.15, -0.1) is 0 Å². The predicted octanol–water partition coefficient (Wildman–Crippen LogP) is 6.49. The molecule has 0 amide bonds. The second-order valence-electron chi connectivity index (χ2n) is 8.69. The van der Waals surface area contributed by atoms with E-state index >= 15 is 0 Å². The Bertz CT molecular complexity index is 320. The highest BCUT2D eigenvalue weighted by Crippen LogP contribution is 2.70. The first-order valence-corrected chi connectivity index (χ1v) is 9.87. The maximum atomic E-state index is 1.62. The van der Waals surface area contributed by atoms with Crippen molar-refractivity contribution in [2.24, 2.45) is 22.7 Å². The summed E-state index contributed by atoms with van der Waals surface area (Å²) in [6.07, 6.45) is 25.3. The Balaban J connectivity index is 1.68. The van der Waals surface area contributed by atoms with E-state index in [0.717, 1.165) is 22.7 Å². The van der Waals surface area contributed by atoms with Crippen LogP contribution in [0.15, 0.2) is 0 Å². The van der Waals surface area contributed by atoms with Gasteiger partial charge in [-0.1, -0.05) is 51.4 Å². The van der Waals surface area contributed by atoms with Crippen molar-refractivity contribution in [3.05, 3.63) is 0 Å². The number of hydrogen-bond donors (Lipinski definition) is 0. The smallest absolute Gasteiger partial charge is 0.0210 e. The van der Waals surface area contributed by atoms with Crippen LogP contribution in [-0.4, -0.2) is 0 Å². The zero-order valence-electron chi connectivity index (χ0n) is 13.5. The fourth-order valence-electron chi connectivity index (χ4n) is 7.32. The maximum absolute atomic E-state index is 1.62. The molecule has 0 aliphatic heterocycles. The van der Waals surface area contributed by atoms with Crippen LogP contribution in [-0.2, 0) is 0 Å². The summed E-state index contributed by atoms with van der Waals surface area (Å²) in [5.74, 6) is 2.26. The lowest BCUT2D eigenvalue weighted by Gasteiger charge is -2.64. The van der Waals surface area contributed by atoms with Crippen molar-refractivity contribution >= 4 is 0 Å². The van der Waals surface area contributed by atoms with Gasteiger partial charge in [0.25, 0.3) is 0 Å². The first-order chi connectivity index (χ1) is 9.87. The van der Waals surface area contributed by atoms with Crippen LogP contribution < -0.4 is 0 Å². The third kappa shape index (κ3) is 1.85. The molecule has 4 rings (SSSR count). The van der Waals surface area contributed by atoms with Crippen LogP contribution in [0.2, 0.25) is 0 Å². The van der Waals surface area contributed by atoms with Crippen LogP contribution in [0, 0.1) is 22.7 Å². The Morgan fingerprint density at radius 3 is 1.15 bits per heavy atom. The van der Waals surface area contributed by atoms with E-state index in [2.05, 4.69) is 0 Å². The average molecular weight is 274 g/mol. The molecule has 0 saturated heterocycles. The molecule has 0 atom stereocenters. The molecule has 4 aliphatic rings. The molecule has 0 aromatic rings. The van der Waals surface area contributed by atoms with Gasteiger partial charge in [-0.05, 0) is 74.0 Å². The molecule has 0 unspecified atom stereocenters. The van der Waals surface area contributed by atoms with Crippen LogP contribution >= 0.6 is 0 Å². The first-order valence-electron chi connectivity index (χ1n) is 9.87. The Hall–Kier alpha value is 0. The van der Waals surface area contributed by atoms with Gasteiger partial charge in [0.15, 0.2) is 0 Å². The van der Waals surface area contributed by atoms with Crippen LogP contribution in [0.3, 0.4) is 0 Å². The van der Waals surface area contributed by atoms with Crippen molar-refractivity contribution in [3.63, 3.8) is 0 Å². The van der Waals surface area contributed by atoms with E-state index in [4.69, 9.17) is 0 Å².